The molecule has 0 aliphatic carbocycles. The van der Waals surface area contributed by atoms with Crippen molar-refractivity contribution in [2.75, 3.05) is 11.1 Å². The second-order valence-electron chi connectivity index (χ2n) is 7.26. The maximum Gasteiger partial charge on any atom is 0.418 e. The van der Waals surface area contributed by atoms with Gasteiger partial charge in [-0.1, -0.05) is 53.7 Å². The molecule has 0 saturated carbocycles. The quantitative estimate of drug-likeness (QED) is 0.255. The van der Waals surface area contributed by atoms with Crippen molar-refractivity contribution in [3.05, 3.63) is 75.7 Å². The summed E-state index contributed by atoms with van der Waals surface area (Å²) in [4.78, 5) is 33.1. The Labute approximate surface area is 201 Å². The van der Waals surface area contributed by atoms with Gasteiger partial charge in [-0.05, 0) is 30.7 Å². The van der Waals surface area contributed by atoms with E-state index in [1.807, 2.05) is 30.3 Å². The number of benzene rings is 2. The lowest BCUT2D eigenvalue weighted by Crippen LogP contribution is -2.24. The van der Waals surface area contributed by atoms with Gasteiger partial charge in [0.2, 0.25) is 5.91 Å². The predicted molar refractivity (Wildman–Crippen MR) is 127 cm³/mol. The summed E-state index contributed by atoms with van der Waals surface area (Å²) in [6.45, 7) is 2.07. The fourth-order valence-corrected chi connectivity index (χ4v) is 4.50. The Morgan fingerprint density at radius 1 is 1.21 bits per heavy atom. The monoisotopic (exact) mass is 506 g/mol. The number of alkyl halides is 3. The molecule has 11 heteroatoms. The van der Waals surface area contributed by atoms with Gasteiger partial charge < -0.3 is 10.3 Å². The van der Waals surface area contributed by atoms with Crippen molar-refractivity contribution in [3.8, 4) is 11.1 Å². The molecular weight excluding hydrogens is 489 g/mol. The molecule has 0 spiro atoms. The molecule has 4 rings (SSSR count). The number of nitrogens with one attached hydrogen (secondary N) is 2. The number of halogens is 4. The summed E-state index contributed by atoms with van der Waals surface area (Å²) in [5, 5.41) is 2.47. The third-order valence-electron chi connectivity index (χ3n) is 5.04. The summed E-state index contributed by atoms with van der Waals surface area (Å²) >= 11 is 6.65. The summed E-state index contributed by atoms with van der Waals surface area (Å²) in [7, 11) is 0. The van der Waals surface area contributed by atoms with Crippen molar-refractivity contribution in [2.45, 2.75) is 24.8 Å². The highest BCUT2D eigenvalue weighted by molar-refractivity contribution is 7.99. The number of aromatic nitrogens is 3. The number of hydrogen-bond donors (Lipinski definition) is 2. The Kier molecular flexibility index (Phi) is 6.72. The summed E-state index contributed by atoms with van der Waals surface area (Å²) in [5.74, 6) is -0.921. The zero-order valence-corrected chi connectivity index (χ0v) is 19.3. The largest absolute Gasteiger partial charge is 0.418 e. The molecule has 4 aromatic rings. The Bertz CT molecular complexity index is 1420. The molecule has 0 bridgehead atoms. The second kappa shape index (κ2) is 9.55. The van der Waals surface area contributed by atoms with Crippen LogP contribution in [0.1, 0.15) is 12.5 Å². The fraction of sp³-hybridized carbons (Fsp3) is 0.174. The number of thioether (sulfide) groups is 1. The van der Waals surface area contributed by atoms with Gasteiger partial charge in [0.25, 0.3) is 5.56 Å². The van der Waals surface area contributed by atoms with Gasteiger partial charge in [-0.2, -0.15) is 13.2 Å². The number of carbonyl (C=O) groups excluding carboxylic acids is 1. The van der Waals surface area contributed by atoms with Gasteiger partial charge in [0, 0.05) is 23.3 Å². The van der Waals surface area contributed by atoms with E-state index >= 15 is 0 Å². The molecule has 2 heterocycles. The van der Waals surface area contributed by atoms with Crippen molar-refractivity contribution in [3.63, 3.8) is 0 Å². The second-order valence-corrected chi connectivity index (χ2v) is 8.64. The molecule has 6 nitrogen and oxygen atoms in total. The minimum Gasteiger partial charge on any atom is -0.355 e. The Morgan fingerprint density at radius 2 is 1.94 bits per heavy atom. The molecule has 0 unspecified atom stereocenters. The minimum atomic E-state index is -4.68. The smallest absolute Gasteiger partial charge is 0.355 e. The van der Waals surface area contributed by atoms with Crippen molar-refractivity contribution < 1.29 is 18.0 Å². The molecule has 0 saturated heterocycles. The summed E-state index contributed by atoms with van der Waals surface area (Å²) < 4.78 is 41.3. The number of H-pyrrole nitrogens is 1. The lowest BCUT2D eigenvalue weighted by atomic mass is 10.1. The molecule has 0 atom stereocenters. The van der Waals surface area contributed by atoms with Crippen LogP contribution in [0.3, 0.4) is 0 Å². The standard InChI is InChI=1S/C23H18ClF3N4O2S/c1-2-31-21(33)20-19(15(11-28-20)13-6-4-3-5-7-13)30-22(31)34-12-18(32)29-17-9-8-14(24)10-16(17)23(25,26)27/h3-11,28H,2,12H2,1H3,(H,29,32). The summed E-state index contributed by atoms with van der Waals surface area (Å²) in [6.07, 6.45) is -2.98. The SMILES string of the molecule is CCn1c(SCC(=O)Nc2ccc(Cl)cc2C(F)(F)F)nc2c(-c3ccccc3)c[nH]c2c1=O. The van der Waals surface area contributed by atoms with Crippen molar-refractivity contribution in [2.24, 2.45) is 0 Å². The van der Waals surface area contributed by atoms with Crippen LogP contribution < -0.4 is 10.9 Å². The van der Waals surface area contributed by atoms with Gasteiger partial charge in [0.05, 0.1) is 17.0 Å². The van der Waals surface area contributed by atoms with Gasteiger partial charge >= 0.3 is 6.18 Å². The predicted octanol–water partition coefficient (Wildman–Crippen LogP) is 5.81. The van der Waals surface area contributed by atoms with E-state index in [0.29, 0.717) is 22.7 Å². The Balaban J connectivity index is 1.61. The van der Waals surface area contributed by atoms with Crippen molar-refractivity contribution in [1.82, 2.24) is 14.5 Å². The molecule has 2 N–H and O–H groups in total. The third-order valence-corrected chi connectivity index (χ3v) is 6.26. The first kappa shape index (κ1) is 23.9. The minimum absolute atomic E-state index is 0.0927. The lowest BCUT2D eigenvalue weighted by Gasteiger charge is -2.14. The summed E-state index contributed by atoms with van der Waals surface area (Å²) in [5.41, 5.74) is 0.671. The molecule has 0 fully saturated rings. The van der Waals surface area contributed by atoms with Crippen LogP contribution in [0.2, 0.25) is 5.02 Å². The highest BCUT2D eigenvalue weighted by Crippen LogP contribution is 2.36. The van der Waals surface area contributed by atoms with E-state index in [9.17, 15) is 22.8 Å². The number of anilines is 1. The third kappa shape index (κ3) is 4.83. The lowest BCUT2D eigenvalue weighted by molar-refractivity contribution is -0.137. The first-order valence-electron chi connectivity index (χ1n) is 10.2. The molecule has 2 aromatic carbocycles. The van der Waals surface area contributed by atoms with Crippen LogP contribution in [-0.4, -0.2) is 26.2 Å². The van der Waals surface area contributed by atoms with E-state index in [1.54, 1.807) is 13.1 Å². The van der Waals surface area contributed by atoms with Crippen LogP contribution in [0.25, 0.3) is 22.2 Å². The summed E-state index contributed by atoms with van der Waals surface area (Å²) in [6, 6.07) is 12.5. The fourth-order valence-electron chi connectivity index (χ4n) is 3.48. The van der Waals surface area contributed by atoms with Crippen molar-refractivity contribution in [1.29, 1.82) is 0 Å². The highest BCUT2D eigenvalue weighted by Gasteiger charge is 2.34. The van der Waals surface area contributed by atoms with Crippen LogP contribution in [0, 0.1) is 0 Å². The normalized spacial score (nSPS) is 11.7. The van der Waals surface area contributed by atoms with E-state index in [1.165, 1.54) is 10.6 Å². The zero-order chi connectivity index (χ0) is 24.5. The topological polar surface area (TPSA) is 79.8 Å². The van der Waals surface area contributed by atoms with E-state index in [2.05, 4.69) is 15.3 Å². The van der Waals surface area contributed by atoms with E-state index in [0.717, 1.165) is 35.0 Å². The molecular formula is C23H18ClF3N4O2S. The van der Waals surface area contributed by atoms with Gasteiger partial charge in [-0.3, -0.25) is 14.2 Å². The zero-order valence-electron chi connectivity index (χ0n) is 17.7. The number of nitrogens with zero attached hydrogens (tertiary/aromatic N) is 2. The number of hydrogen-bond acceptors (Lipinski definition) is 4. The van der Waals surface area contributed by atoms with E-state index in [-0.39, 0.29) is 16.3 Å². The molecule has 0 aliphatic heterocycles. The Morgan fingerprint density at radius 3 is 2.62 bits per heavy atom. The maximum atomic E-state index is 13.3. The molecule has 34 heavy (non-hydrogen) atoms. The van der Waals surface area contributed by atoms with Gasteiger partial charge in [0.1, 0.15) is 11.0 Å². The van der Waals surface area contributed by atoms with Crippen LogP contribution in [-0.2, 0) is 17.5 Å². The first-order chi connectivity index (χ1) is 16.2. The van der Waals surface area contributed by atoms with Gasteiger partial charge in [0.15, 0.2) is 5.16 Å². The van der Waals surface area contributed by atoms with Crippen LogP contribution >= 0.6 is 23.4 Å². The highest BCUT2D eigenvalue weighted by atomic mass is 35.5. The van der Waals surface area contributed by atoms with Gasteiger partial charge in [-0.15, -0.1) is 0 Å². The average molecular weight is 507 g/mol. The van der Waals surface area contributed by atoms with Crippen LogP contribution in [0.15, 0.2) is 64.7 Å². The number of rotatable bonds is 6. The molecule has 0 aliphatic rings. The molecule has 176 valence electrons. The van der Waals surface area contributed by atoms with Gasteiger partial charge in [-0.25, -0.2) is 4.98 Å². The van der Waals surface area contributed by atoms with Crippen molar-refractivity contribution >= 4 is 46.0 Å². The molecule has 1 amide bonds. The molecule has 0 radical (unpaired) electrons. The van der Waals surface area contributed by atoms with E-state index in [4.69, 9.17) is 11.6 Å². The first-order valence-corrected chi connectivity index (χ1v) is 11.5. The number of fused-ring (bicyclic) bond motifs is 1. The van der Waals surface area contributed by atoms with Crippen LogP contribution in [0.4, 0.5) is 18.9 Å². The molecule has 2 aromatic heterocycles. The number of carbonyl (C=O) groups is 1. The van der Waals surface area contributed by atoms with Crippen LogP contribution in [0.5, 0.6) is 0 Å². The Hall–Kier alpha value is -3.24. The number of amides is 1. The average Bonchev–Trinajstić information content (AvgIpc) is 3.23. The number of aromatic amines is 1. The maximum absolute atomic E-state index is 13.3. The van der Waals surface area contributed by atoms with E-state index < -0.39 is 23.3 Å².